The number of carbonyl (C=O) groups excluding carboxylic acids is 2. The predicted molar refractivity (Wildman–Crippen MR) is 107 cm³/mol. The van der Waals surface area contributed by atoms with Crippen LogP contribution in [0.3, 0.4) is 0 Å². The molecular formula is C19H22BrN3O2S. The number of unbranched alkanes of at least 4 members (excludes halogenated alkanes) is 1. The number of para-hydroxylation sites is 1. The maximum Gasteiger partial charge on any atom is 0.227 e. The van der Waals surface area contributed by atoms with Crippen LogP contribution in [-0.4, -0.2) is 29.9 Å². The van der Waals surface area contributed by atoms with Crippen LogP contribution in [0.15, 0.2) is 34.1 Å². The zero-order chi connectivity index (χ0) is 18.5. The number of amides is 2. The summed E-state index contributed by atoms with van der Waals surface area (Å²) >= 11 is 5.16. The molecule has 1 saturated heterocycles. The third-order valence-electron chi connectivity index (χ3n) is 4.42. The number of halogens is 1. The largest absolute Gasteiger partial charge is 0.356 e. The zero-order valence-corrected chi connectivity index (χ0v) is 17.1. The summed E-state index contributed by atoms with van der Waals surface area (Å²) in [5, 5.41) is 6.19. The lowest BCUT2D eigenvalue weighted by atomic mass is 10.1. The summed E-state index contributed by atoms with van der Waals surface area (Å²) in [6.45, 7) is 3.08. The van der Waals surface area contributed by atoms with Crippen molar-refractivity contribution in [3.63, 3.8) is 0 Å². The molecule has 26 heavy (non-hydrogen) atoms. The van der Waals surface area contributed by atoms with Gasteiger partial charge in [0.2, 0.25) is 11.8 Å². The van der Waals surface area contributed by atoms with E-state index < -0.39 is 0 Å². The molecule has 0 saturated carbocycles. The number of nitrogens with zero attached hydrogens (tertiary/aromatic N) is 2. The van der Waals surface area contributed by atoms with Crippen LogP contribution >= 0.6 is 27.3 Å². The number of nitrogens with one attached hydrogen (secondary N) is 1. The number of aromatic nitrogens is 1. The molecule has 7 heteroatoms. The van der Waals surface area contributed by atoms with Gasteiger partial charge in [0.15, 0.2) is 0 Å². The van der Waals surface area contributed by atoms with E-state index in [0.717, 1.165) is 40.1 Å². The van der Waals surface area contributed by atoms with Crippen molar-refractivity contribution in [1.29, 1.82) is 0 Å². The maximum absolute atomic E-state index is 12.4. The molecule has 0 radical (unpaired) electrons. The van der Waals surface area contributed by atoms with Gasteiger partial charge in [-0.05, 0) is 54.2 Å². The Morgan fingerprint density at radius 3 is 2.92 bits per heavy atom. The van der Waals surface area contributed by atoms with Crippen molar-refractivity contribution in [1.82, 2.24) is 10.3 Å². The van der Waals surface area contributed by atoms with Gasteiger partial charge in [-0.2, -0.15) is 0 Å². The van der Waals surface area contributed by atoms with Gasteiger partial charge in [-0.3, -0.25) is 9.59 Å². The monoisotopic (exact) mass is 435 g/mol. The van der Waals surface area contributed by atoms with Crippen molar-refractivity contribution in [2.24, 2.45) is 5.92 Å². The highest BCUT2D eigenvalue weighted by Crippen LogP contribution is 2.31. The summed E-state index contributed by atoms with van der Waals surface area (Å²) in [6, 6.07) is 7.60. The standard InChI is InChI=1S/C19H22BrN3O2S/c1-13-12-26-17(22-13)8-4-5-9-21-19(25)14-10-18(24)23(11-14)16-7-3-2-6-15(16)20/h2-3,6-7,12,14H,4-5,8-11H2,1H3,(H,21,25). The normalized spacial score (nSPS) is 16.9. The minimum atomic E-state index is -0.281. The van der Waals surface area contributed by atoms with Crippen molar-refractivity contribution in [2.45, 2.75) is 32.6 Å². The topological polar surface area (TPSA) is 62.3 Å². The smallest absolute Gasteiger partial charge is 0.227 e. The number of rotatable bonds is 7. The second kappa shape index (κ2) is 8.77. The molecule has 0 bridgehead atoms. The fourth-order valence-electron chi connectivity index (χ4n) is 3.06. The van der Waals surface area contributed by atoms with Gasteiger partial charge in [0.1, 0.15) is 0 Å². The quantitative estimate of drug-likeness (QED) is 0.674. The van der Waals surface area contributed by atoms with E-state index in [1.54, 1.807) is 16.2 Å². The lowest BCUT2D eigenvalue weighted by Crippen LogP contribution is -2.33. The summed E-state index contributed by atoms with van der Waals surface area (Å²) in [5.74, 6) is -0.314. The second-order valence-corrected chi connectivity index (χ2v) is 8.28. The summed E-state index contributed by atoms with van der Waals surface area (Å²) < 4.78 is 0.867. The van der Waals surface area contributed by atoms with E-state index in [-0.39, 0.29) is 24.2 Å². The molecule has 1 unspecified atom stereocenters. The fourth-order valence-corrected chi connectivity index (χ4v) is 4.38. The van der Waals surface area contributed by atoms with Crippen LogP contribution in [-0.2, 0) is 16.0 Å². The number of hydrogen-bond donors (Lipinski definition) is 1. The Hall–Kier alpha value is -1.73. The number of thiazole rings is 1. The molecule has 0 aliphatic carbocycles. The molecular weight excluding hydrogens is 414 g/mol. The fraction of sp³-hybridized carbons (Fsp3) is 0.421. The first-order chi connectivity index (χ1) is 12.5. The molecule has 2 heterocycles. The lowest BCUT2D eigenvalue weighted by molar-refractivity contribution is -0.126. The van der Waals surface area contributed by atoms with Gasteiger partial charge in [-0.15, -0.1) is 11.3 Å². The van der Waals surface area contributed by atoms with Gasteiger partial charge in [-0.1, -0.05) is 12.1 Å². The molecule has 1 atom stereocenters. The van der Waals surface area contributed by atoms with Crippen LogP contribution in [0.1, 0.15) is 30.0 Å². The molecule has 1 aromatic carbocycles. The number of hydrogen-bond acceptors (Lipinski definition) is 4. The van der Waals surface area contributed by atoms with Crippen LogP contribution in [0.2, 0.25) is 0 Å². The van der Waals surface area contributed by atoms with E-state index in [1.807, 2.05) is 31.2 Å². The third kappa shape index (κ3) is 4.71. The van der Waals surface area contributed by atoms with Gasteiger partial charge in [-0.25, -0.2) is 4.98 Å². The van der Waals surface area contributed by atoms with Crippen LogP contribution in [0.4, 0.5) is 5.69 Å². The molecule has 1 N–H and O–H groups in total. The second-order valence-electron chi connectivity index (χ2n) is 6.49. The molecule has 2 aromatic rings. The first-order valence-corrected chi connectivity index (χ1v) is 10.5. The minimum Gasteiger partial charge on any atom is -0.356 e. The molecule has 1 aliphatic heterocycles. The highest BCUT2D eigenvalue weighted by Gasteiger charge is 2.35. The van der Waals surface area contributed by atoms with E-state index >= 15 is 0 Å². The van der Waals surface area contributed by atoms with Crippen LogP contribution in [0, 0.1) is 12.8 Å². The van der Waals surface area contributed by atoms with Crippen LogP contribution in [0.5, 0.6) is 0 Å². The minimum absolute atomic E-state index is 0.00353. The van der Waals surface area contributed by atoms with Gasteiger partial charge in [0.05, 0.1) is 16.6 Å². The number of carbonyl (C=O) groups is 2. The van der Waals surface area contributed by atoms with Crippen molar-refractivity contribution in [3.8, 4) is 0 Å². The SMILES string of the molecule is Cc1csc(CCCCNC(=O)C2CC(=O)N(c3ccccc3Br)C2)n1. The van der Waals surface area contributed by atoms with Crippen molar-refractivity contribution in [2.75, 3.05) is 18.0 Å². The van der Waals surface area contributed by atoms with Gasteiger partial charge >= 0.3 is 0 Å². The average Bonchev–Trinajstić information content (AvgIpc) is 3.21. The highest BCUT2D eigenvalue weighted by molar-refractivity contribution is 9.10. The lowest BCUT2D eigenvalue weighted by Gasteiger charge is -2.18. The molecule has 1 aromatic heterocycles. The van der Waals surface area contributed by atoms with Gasteiger partial charge < -0.3 is 10.2 Å². The Bertz CT molecular complexity index is 793. The molecule has 1 fully saturated rings. The Labute approximate surface area is 165 Å². The van der Waals surface area contributed by atoms with E-state index in [0.29, 0.717) is 13.1 Å². The Kier molecular flexibility index (Phi) is 6.43. The first kappa shape index (κ1) is 19.0. The predicted octanol–water partition coefficient (Wildman–Crippen LogP) is 3.71. The van der Waals surface area contributed by atoms with Gasteiger partial charge in [0.25, 0.3) is 0 Å². The maximum atomic E-state index is 12.4. The molecule has 0 spiro atoms. The Balaban J connectivity index is 1.42. The Morgan fingerprint density at radius 1 is 1.38 bits per heavy atom. The zero-order valence-electron chi connectivity index (χ0n) is 14.7. The highest BCUT2D eigenvalue weighted by atomic mass is 79.9. The van der Waals surface area contributed by atoms with E-state index in [1.165, 1.54) is 0 Å². The third-order valence-corrected chi connectivity index (χ3v) is 6.12. The summed E-state index contributed by atoms with van der Waals surface area (Å²) in [7, 11) is 0. The summed E-state index contributed by atoms with van der Waals surface area (Å²) in [6.07, 6.45) is 3.14. The van der Waals surface area contributed by atoms with Crippen molar-refractivity contribution < 1.29 is 9.59 Å². The van der Waals surface area contributed by atoms with Crippen LogP contribution in [0.25, 0.3) is 0 Å². The molecule has 5 nitrogen and oxygen atoms in total. The van der Waals surface area contributed by atoms with E-state index in [2.05, 4.69) is 31.6 Å². The number of aryl methyl sites for hydroxylation is 2. The number of benzene rings is 1. The molecule has 1 aliphatic rings. The van der Waals surface area contributed by atoms with E-state index in [9.17, 15) is 9.59 Å². The first-order valence-electron chi connectivity index (χ1n) is 8.78. The molecule has 2 amide bonds. The van der Waals surface area contributed by atoms with Crippen molar-refractivity contribution in [3.05, 3.63) is 44.8 Å². The van der Waals surface area contributed by atoms with Crippen molar-refractivity contribution >= 4 is 44.8 Å². The van der Waals surface area contributed by atoms with Gasteiger partial charge in [0, 0.05) is 35.1 Å². The molecule has 3 rings (SSSR count). The van der Waals surface area contributed by atoms with Crippen LogP contribution < -0.4 is 10.2 Å². The average molecular weight is 436 g/mol. The summed E-state index contributed by atoms with van der Waals surface area (Å²) in [5.41, 5.74) is 1.89. The Morgan fingerprint density at radius 2 is 2.19 bits per heavy atom. The molecule has 138 valence electrons. The number of anilines is 1. The van der Waals surface area contributed by atoms with E-state index in [4.69, 9.17) is 0 Å². The summed E-state index contributed by atoms with van der Waals surface area (Å²) in [4.78, 5) is 30.8.